The molecule has 3 aromatic rings. The predicted molar refractivity (Wildman–Crippen MR) is 114 cm³/mol. The van der Waals surface area contributed by atoms with Gasteiger partial charge >= 0.3 is 6.18 Å². The lowest BCUT2D eigenvalue weighted by Gasteiger charge is -2.23. The summed E-state index contributed by atoms with van der Waals surface area (Å²) in [5, 5.41) is 3.81. The second kappa shape index (κ2) is 9.63. The van der Waals surface area contributed by atoms with Gasteiger partial charge in [0.05, 0.1) is 22.8 Å². The Labute approximate surface area is 190 Å². The zero-order chi connectivity index (χ0) is 23.5. The van der Waals surface area contributed by atoms with Crippen molar-refractivity contribution in [3.05, 3.63) is 74.8 Å². The molecule has 0 fully saturated rings. The number of hydrazine groups is 1. The molecule has 12 heteroatoms. The average Bonchev–Trinajstić information content (AvgIpc) is 3.24. The number of nitrogens with zero attached hydrogens (tertiary/aromatic N) is 3. The molecule has 2 N–H and O–H groups in total. The summed E-state index contributed by atoms with van der Waals surface area (Å²) in [6, 6.07) is 8.93. The van der Waals surface area contributed by atoms with E-state index in [2.05, 4.69) is 20.7 Å². The standard InChI is InChI=1S/C20H17ClF3N5O2S/c1-11(29(2)28-17(30)12-6-4-3-5-7-12)19-26-10-15(32-19)18(31)27-16-8-13(20(22,23)24)14(21)9-25-16/h3-11H,1-2H3,(H,28,30)(H,25,27,31). The second-order valence-electron chi connectivity index (χ2n) is 6.66. The third kappa shape index (κ3) is 5.61. The van der Waals surface area contributed by atoms with Gasteiger partial charge in [-0.25, -0.2) is 15.0 Å². The minimum Gasteiger partial charge on any atom is -0.306 e. The Morgan fingerprint density at radius 2 is 1.81 bits per heavy atom. The van der Waals surface area contributed by atoms with Crippen molar-refractivity contribution in [2.45, 2.75) is 19.1 Å². The molecule has 1 atom stereocenters. The molecule has 2 aromatic heterocycles. The summed E-state index contributed by atoms with van der Waals surface area (Å²) in [7, 11) is 1.66. The van der Waals surface area contributed by atoms with E-state index in [9.17, 15) is 22.8 Å². The number of carbonyl (C=O) groups excluding carboxylic acids is 2. The van der Waals surface area contributed by atoms with Gasteiger partial charge in [0.1, 0.15) is 15.7 Å². The van der Waals surface area contributed by atoms with Crippen LogP contribution in [0, 0.1) is 0 Å². The van der Waals surface area contributed by atoms with Gasteiger partial charge in [0.15, 0.2) is 0 Å². The number of pyridine rings is 1. The first-order valence-electron chi connectivity index (χ1n) is 9.15. The highest BCUT2D eigenvalue weighted by atomic mass is 35.5. The van der Waals surface area contributed by atoms with E-state index in [1.165, 1.54) is 6.20 Å². The first-order valence-corrected chi connectivity index (χ1v) is 10.3. The summed E-state index contributed by atoms with van der Waals surface area (Å²) in [4.78, 5) is 32.8. The number of nitrogens with one attached hydrogen (secondary N) is 2. The molecule has 32 heavy (non-hydrogen) atoms. The van der Waals surface area contributed by atoms with Crippen LogP contribution in [0.1, 0.15) is 43.6 Å². The van der Waals surface area contributed by atoms with Crippen LogP contribution < -0.4 is 10.7 Å². The number of aromatic nitrogens is 2. The molecule has 1 aromatic carbocycles. The van der Waals surface area contributed by atoms with Crippen molar-refractivity contribution in [3.63, 3.8) is 0 Å². The molecule has 1 unspecified atom stereocenters. The molecule has 168 valence electrons. The molecule has 0 bridgehead atoms. The topological polar surface area (TPSA) is 87.2 Å². The van der Waals surface area contributed by atoms with Gasteiger partial charge in [-0.3, -0.25) is 15.0 Å². The van der Waals surface area contributed by atoms with Crippen LogP contribution in [0.3, 0.4) is 0 Å². The number of hydrogen-bond donors (Lipinski definition) is 2. The number of benzene rings is 1. The molecular formula is C20H17ClF3N5O2S. The van der Waals surface area contributed by atoms with E-state index in [0.717, 1.165) is 17.5 Å². The second-order valence-corrected chi connectivity index (χ2v) is 8.13. The van der Waals surface area contributed by atoms with Crippen molar-refractivity contribution in [2.24, 2.45) is 0 Å². The van der Waals surface area contributed by atoms with Crippen LogP contribution in [-0.2, 0) is 6.18 Å². The highest BCUT2D eigenvalue weighted by Gasteiger charge is 2.34. The first-order chi connectivity index (χ1) is 15.1. The minimum absolute atomic E-state index is 0.167. The smallest absolute Gasteiger partial charge is 0.306 e. The number of halogens is 4. The third-order valence-electron chi connectivity index (χ3n) is 4.40. The van der Waals surface area contributed by atoms with Gasteiger partial charge in [0, 0.05) is 18.8 Å². The van der Waals surface area contributed by atoms with Gasteiger partial charge in [-0.2, -0.15) is 13.2 Å². The Morgan fingerprint density at radius 3 is 2.47 bits per heavy atom. The summed E-state index contributed by atoms with van der Waals surface area (Å²) in [5.41, 5.74) is 2.12. The minimum atomic E-state index is -4.68. The SMILES string of the molecule is CC(c1ncc(C(=O)Nc2cc(C(F)(F)F)c(Cl)cn2)s1)N(C)NC(=O)c1ccccc1. The van der Waals surface area contributed by atoms with Crippen LogP contribution in [-0.4, -0.2) is 33.8 Å². The van der Waals surface area contributed by atoms with Crippen molar-refractivity contribution in [1.82, 2.24) is 20.4 Å². The highest BCUT2D eigenvalue weighted by Crippen LogP contribution is 2.35. The van der Waals surface area contributed by atoms with Crippen LogP contribution in [0.25, 0.3) is 0 Å². The molecule has 0 saturated heterocycles. The van der Waals surface area contributed by atoms with Gasteiger partial charge in [-0.1, -0.05) is 29.8 Å². The Kier molecular flexibility index (Phi) is 7.12. The average molecular weight is 484 g/mol. The fraction of sp³-hybridized carbons (Fsp3) is 0.200. The van der Waals surface area contributed by atoms with Crippen molar-refractivity contribution in [1.29, 1.82) is 0 Å². The Hall–Kier alpha value is -3.02. The van der Waals surface area contributed by atoms with Crippen molar-refractivity contribution in [3.8, 4) is 0 Å². The van der Waals surface area contributed by atoms with Crippen LogP contribution >= 0.6 is 22.9 Å². The lowest BCUT2D eigenvalue weighted by atomic mass is 10.2. The summed E-state index contributed by atoms with van der Waals surface area (Å²) in [5.74, 6) is -1.26. The zero-order valence-electron chi connectivity index (χ0n) is 16.8. The molecule has 2 amide bonds. The van der Waals surface area contributed by atoms with E-state index in [1.54, 1.807) is 49.3 Å². The molecule has 0 aliphatic carbocycles. The fourth-order valence-electron chi connectivity index (χ4n) is 2.56. The van der Waals surface area contributed by atoms with Gasteiger partial charge < -0.3 is 5.32 Å². The van der Waals surface area contributed by atoms with Gasteiger partial charge in [0.2, 0.25) is 0 Å². The molecule has 0 aliphatic heterocycles. The summed E-state index contributed by atoms with van der Waals surface area (Å²) in [6.45, 7) is 1.78. The van der Waals surface area contributed by atoms with Crippen LogP contribution in [0.4, 0.5) is 19.0 Å². The maximum Gasteiger partial charge on any atom is 0.418 e. The van der Waals surface area contributed by atoms with Gasteiger partial charge in [-0.05, 0) is 25.1 Å². The highest BCUT2D eigenvalue weighted by molar-refractivity contribution is 7.13. The third-order valence-corrected chi connectivity index (χ3v) is 5.87. The van der Waals surface area contributed by atoms with E-state index < -0.39 is 22.7 Å². The van der Waals surface area contributed by atoms with E-state index in [1.807, 2.05) is 0 Å². The molecule has 0 radical (unpaired) electrons. The summed E-state index contributed by atoms with van der Waals surface area (Å²) < 4.78 is 39.0. The normalized spacial score (nSPS) is 12.5. The summed E-state index contributed by atoms with van der Waals surface area (Å²) in [6.07, 6.45) is -2.55. The zero-order valence-corrected chi connectivity index (χ0v) is 18.3. The largest absolute Gasteiger partial charge is 0.418 e. The number of carbonyl (C=O) groups is 2. The molecular weight excluding hydrogens is 467 g/mol. The Balaban J connectivity index is 1.67. The van der Waals surface area contributed by atoms with Crippen LogP contribution in [0.15, 0.2) is 48.8 Å². The number of anilines is 1. The van der Waals surface area contributed by atoms with E-state index in [0.29, 0.717) is 16.6 Å². The number of rotatable bonds is 6. The molecule has 3 rings (SSSR count). The fourth-order valence-corrected chi connectivity index (χ4v) is 3.68. The lowest BCUT2D eigenvalue weighted by molar-refractivity contribution is -0.137. The number of thiazole rings is 1. The Bertz CT molecular complexity index is 1120. The van der Waals surface area contributed by atoms with E-state index >= 15 is 0 Å². The lowest BCUT2D eigenvalue weighted by Crippen LogP contribution is -2.40. The van der Waals surface area contributed by atoms with Crippen molar-refractivity contribution >= 4 is 40.6 Å². The van der Waals surface area contributed by atoms with E-state index in [-0.39, 0.29) is 22.6 Å². The maximum absolute atomic E-state index is 13.0. The number of alkyl halides is 3. The predicted octanol–water partition coefficient (Wildman–Crippen LogP) is 4.80. The number of hydrogen-bond acceptors (Lipinski definition) is 6. The van der Waals surface area contributed by atoms with Crippen molar-refractivity contribution in [2.75, 3.05) is 12.4 Å². The van der Waals surface area contributed by atoms with Gasteiger partial charge in [-0.15, -0.1) is 11.3 Å². The van der Waals surface area contributed by atoms with Crippen LogP contribution in [0.2, 0.25) is 5.02 Å². The number of amides is 2. The molecule has 7 nitrogen and oxygen atoms in total. The van der Waals surface area contributed by atoms with Crippen LogP contribution in [0.5, 0.6) is 0 Å². The molecule has 2 heterocycles. The summed E-state index contributed by atoms with van der Waals surface area (Å²) >= 11 is 6.58. The van der Waals surface area contributed by atoms with Gasteiger partial charge in [0.25, 0.3) is 11.8 Å². The van der Waals surface area contributed by atoms with E-state index in [4.69, 9.17) is 11.6 Å². The maximum atomic E-state index is 13.0. The Morgan fingerprint density at radius 1 is 1.12 bits per heavy atom. The first kappa shape index (κ1) is 23.6. The molecule has 0 spiro atoms. The van der Waals surface area contributed by atoms with Crippen molar-refractivity contribution < 1.29 is 22.8 Å². The monoisotopic (exact) mass is 483 g/mol. The molecule has 0 saturated carbocycles. The molecule has 0 aliphatic rings. The quantitative estimate of drug-likeness (QED) is 0.492.